The third-order valence-electron chi connectivity index (χ3n) is 2.93. The Morgan fingerprint density at radius 3 is 2.65 bits per heavy atom. The molecule has 1 heterocycles. The Morgan fingerprint density at radius 2 is 2.00 bits per heavy atom. The quantitative estimate of drug-likeness (QED) is 0.565. The number of esters is 1. The van der Waals surface area contributed by atoms with Gasteiger partial charge in [-0.25, -0.2) is 0 Å². The Bertz CT molecular complexity index is 643. The number of hydrogen-bond acceptors (Lipinski definition) is 5. The van der Waals surface area contributed by atoms with Crippen LogP contribution in [0.15, 0.2) is 52.0 Å². The third kappa shape index (κ3) is 6.00. The van der Waals surface area contributed by atoms with Gasteiger partial charge in [-0.05, 0) is 36.4 Å². The Balaban J connectivity index is 1.69. The van der Waals surface area contributed by atoms with Gasteiger partial charge in [0.05, 0.1) is 18.6 Å². The highest BCUT2D eigenvalue weighted by molar-refractivity contribution is 8.00. The Labute approximate surface area is 143 Å². The second-order valence-corrected chi connectivity index (χ2v) is 6.22. The topological polar surface area (TPSA) is 59.8 Å². The largest absolute Gasteiger partial charge is 0.467 e. The van der Waals surface area contributed by atoms with E-state index in [1.54, 1.807) is 37.6 Å². The van der Waals surface area contributed by atoms with Crippen molar-refractivity contribution >= 4 is 35.2 Å². The van der Waals surface area contributed by atoms with Gasteiger partial charge in [-0.15, -0.1) is 11.8 Å². The first-order valence-electron chi connectivity index (χ1n) is 6.85. The standard InChI is InChI=1S/C16H16ClNO4S/c1-18(9-13-3-2-8-21-13)15(19)10-22-16(20)11-23-14-6-4-12(17)5-7-14/h2-8H,9-11H2,1H3. The van der Waals surface area contributed by atoms with Crippen molar-refractivity contribution in [2.45, 2.75) is 11.4 Å². The van der Waals surface area contributed by atoms with Gasteiger partial charge >= 0.3 is 5.97 Å². The number of furan rings is 1. The first-order chi connectivity index (χ1) is 11.0. The lowest BCUT2D eigenvalue weighted by Gasteiger charge is -2.15. The molecule has 5 nitrogen and oxygen atoms in total. The van der Waals surface area contributed by atoms with E-state index in [2.05, 4.69) is 0 Å². The van der Waals surface area contributed by atoms with E-state index in [1.165, 1.54) is 16.7 Å². The van der Waals surface area contributed by atoms with Gasteiger partial charge in [-0.2, -0.15) is 0 Å². The maximum absolute atomic E-state index is 11.9. The fourth-order valence-corrected chi connectivity index (χ4v) is 2.51. The number of amides is 1. The van der Waals surface area contributed by atoms with Gasteiger partial charge in [0.25, 0.3) is 5.91 Å². The lowest BCUT2D eigenvalue weighted by molar-refractivity contribution is -0.149. The molecular formula is C16H16ClNO4S. The lowest BCUT2D eigenvalue weighted by atomic mass is 10.4. The molecule has 2 aromatic rings. The molecule has 122 valence electrons. The van der Waals surface area contributed by atoms with E-state index < -0.39 is 5.97 Å². The smallest absolute Gasteiger partial charge is 0.316 e. The molecule has 0 aliphatic rings. The molecule has 23 heavy (non-hydrogen) atoms. The number of thioether (sulfide) groups is 1. The summed E-state index contributed by atoms with van der Waals surface area (Å²) in [6.07, 6.45) is 1.54. The normalized spacial score (nSPS) is 10.3. The summed E-state index contributed by atoms with van der Waals surface area (Å²) in [5, 5.41) is 0.641. The number of hydrogen-bond donors (Lipinski definition) is 0. The van der Waals surface area contributed by atoms with Crippen molar-refractivity contribution < 1.29 is 18.7 Å². The molecule has 0 radical (unpaired) electrons. The molecule has 0 bridgehead atoms. The minimum atomic E-state index is -0.440. The van der Waals surface area contributed by atoms with E-state index in [1.807, 2.05) is 12.1 Å². The highest BCUT2D eigenvalue weighted by Crippen LogP contribution is 2.20. The van der Waals surface area contributed by atoms with E-state index in [-0.39, 0.29) is 18.3 Å². The molecule has 0 saturated heterocycles. The summed E-state index contributed by atoms with van der Waals surface area (Å²) in [4.78, 5) is 25.9. The molecule has 1 aromatic heterocycles. The van der Waals surface area contributed by atoms with Crippen LogP contribution in [0.25, 0.3) is 0 Å². The van der Waals surface area contributed by atoms with Gasteiger partial charge in [-0.3, -0.25) is 9.59 Å². The molecule has 1 aromatic carbocycles. The predicted octanol–water partition coefficient (Wildman–Crippen LogP) is 3.23. The number of likely N-dealkylation sites (N-methyl/N-ethyl adjacent to an activating group) is 1. The van der Waals surface area contributed by atoms with Crippen LogP contribution in [-0.2, 0) is 20.9 Å². The van der Waals surface area contributed by atoms with Crippen molar-refractivity contribution in [3.05, 3.63) is 53.4 Å². The van der Waals surface area contributed by atoms with Gasteiger partial charge in [-0.1, -0.05) is 11.6 Å². The summed E-state index contributed by atoms with van der Waals surface area (Å²) in [6, 6.07) is 10.7. The van der Waals surface area contributed by atoms with Gasteiger partial charge in [0.2, 0.25) is 0 Å². The summed E-state index contributed by atoms with van der Waals surface area (Å²) in [6.45, 7) is 0.0557. The number of nitrogens with zero attached hydrogens (tertiary/aromatic N) is 1. The molecule has 0 spiro atoms. The fraction of sp³-hybridized carbons (Fsp3) is 0.250. The van der Waals surface area contributed by atoms with E-state index in [0.29, 0.717) is 17.3 Å². The van der Waals surface area contributed by atoms with Gasteiger partial charge < -0.3 is 14.1 Å². The Kier molecular flexibility index (Phi) is 6.55. The minimum absolute atomic E-state index is 0.136. The highest BCUT2D eigenvalue weighted by atomic mass is 35.5. The van der Waals surface area contributed by atoms with Crippen LogP contribution in [0.1, 0.15) is 5.76 Å². The molecule has 0 aliphatic heterocycles. The number of ether oxygens (including phenoxy) is 1. The van der Waals surface area contributed by atoms with E-state index >= 15 is 0 Å². The van der Waals surface area contributed by atoms with Crippen molar-refractivity contribution in [2.24, 2.45) is 0 Å². The summed E-state index contributed by atoms with van der Waals surface area (Å²) in [7, 11) is 1.63. The van der Waals surface area contributed by atoms with E-state index in [4.69, 9.17) is 20.8 Å². The minimum Gasteiger partial charge on any atom is -0.467 e. The molecule has 0 N–H and O–H groups in total. The van der Waals surface area contributed by atoms with Crippen molar-refractivity contribution in [3.8, 4) is 0 Å². The van der Waals surface area contributed by atoms with Crippen LogP contribution in [0.4, 0.5) is 0 Å². The van der Waals surface area contributed by atoms with Crippen LogP contribution in [0.3, 0.4) is 0 Å². The molecule has 0 aliphatic carbocycles. The summed E-state index contributed by atoms with van der Waals surface area (Å²) < 4.78 is 10.1. The molecule has 1 amide bonds. The first-order valence-corrected chi connectivity index (χ1v) is 8.21. The second-order valence-electron chi connectivity index (χ2n) is 4.73. The van der Waals surface area contributed by atoms with Crippen LogP contribution in [0.5, 0.6) is 0 Å². The SMILES string of the molecule is CN(Cc1ccco1)C(=O)COC(=O)CSc1ccc(Cl)cc1. The van der Waals surface area contributed by atoms with Crippen LogP contribution in [-0.4, -0.2) is 36.2 Å². The van der Waals surface area contributed by atoms with Crippen LogP contribution >= 0.6 is 23.4 Å². The first kappa shape index (κ1) is 17.4. The fourth-order valence-electron chi connectivity index (χ4n) is 1.69. The summed E-state index contributed by atoms with van der Waals surface area (Å²) >= 11 is 7.12. The zero-order valence-corrected chi connectivity index (χ0v) is 14.1. The monoisotopic (exact) mass is 353 g/mol. The molecule has 7 heteroatoms. The Morgan fingerprint density at radius 1 is 1.26 bits per heavy atom. The number of rotatable bonds is 7. The van der Waals surface area contributed by atoms with Crippen molar-refractivity contribution in [3.63, 3.8) is 0 Å². The molecule has 0 atom stereocenters. The predicted molar refractivity (Wildman–Crippen MR) is 88.3 cm³/mol. The van der Waals surface area contributed by atoms with Crippen molar-refractivity contribution in [2.75, 3.05) is 19.4 Å². The summed E-state index contributed by atoms with van der Waals surface area (Å²) in [5.74, 6) is 0.0815. The zero-order valence-electron chi connectivity index (χ0n) is 12.5. The molecule has 2 rings (SSSR count). The maximum Gasteiger partial charge on any atom is 0.316 e. The average molecular weight is 354 g/mol. The van der Waals surface area contributed by atoms with Gasteiger partial charge in [0.1, 0.15) is 5.76 Å². The van der Waals surface area contributed by atoms with Gasteiger partial charge in [0.15, 0.2) is 6.61 Å². The van der Waals surface area contributed by atoms with Crippen LogP contribution in [0.2, 0.25) is 5.02 Å². The molecule has 0 unspecified atom stereocenters. The van der Waals surface area contributed by atoms with Crippen molar-refractivity contribution in [1.29, 1.82) is 0 Å². The number of carbonyl (C=O) groups is 2. The zero-order chi connectivity index (χ0) is 16.7. The molecular weight excluding hydrogens is 338 g/mol. The highest BCUT2D eigenvalue weighted by Gasteiger charge is 2.13. The van der Waals surface area contributed by atoms with E-state index in [0.717, 1.165) is 4.90 Å². The second kappa shape index (κ2) is 8.64. The van der Waals surface area contributed by atoms with Crippen LogP contribution in [0, 0.1) is 0 Å². The molecule has 0 saturated carbocycles. The average Bonchev–Trinajstić information content (AvgIpc) is 3.05. The van der Waals surface area contributed by atoms with Crippen LogP contribution < -0.4 is 0 Å². The third-order valence-corrected chi connectivity index (χ3v) is 4.16. The number of halogens is 1. The number of carbonyl (C=O) groups excluding carboxylic acids is 2. The van der Waals surface area contributed by atoms with Gasteiger partial charge in [0, 0.05) is 17.0 Å². The Hall–Kier alpha value is -1.92. The summed E-state index contributed by atoms with van der Waals surface area (Å²) in [5.41, 5.74) is 0. The van der Waals surface area contributed by atoms with Crippen molar-refractivity contribution in [1.82, 2.24) is 4.90 Å². The maximum atomic E-state index is 11.9. The molecule has 0 fully saturated rings. The van der Waals surface area contributed by atoms with E-state index in [9.17, 15) is 9.59 Å². The lowest BCUT2D eigenvalue weighted by Crippen LogP contribution is -2.30. The number of benzene rings is 1.